The lowest BCUT2D eigenvalue weighted by Crippen LogP contribution is -2.10. The van der Waals surface area contributed by atoms with Gasteiger partial charge >= 0.3 is 5.97 Å². The predicted octanol–water partition coefficient (Wildman–Crippen LogP) is 1.12. The lowest BCUT2D eigenvalue weighted by Gasteiger charge is -2.05. The molecule has 0 unspecified atom stereocenters. The van der Waals surface area contributed by atoms with Crippen molar-refractivity contribution in [3.63, 3.8) is 0 Å². The maximum atomic E-state index is 11.7. The fourth-order valence-electron chi connectivity index (χ4n) is 1.59. The van der Waals surface area contributed by atoms with Crippen LogP contribution >= 0.6 is 0 Å². The SMILES string of the molecule is CCCS(=O)(=O)Cc1cncc(CC(=O)OC)c1. The van der Waals surface area contributed by atoms with Gasteiger partial charge in [-0.2, -0.15) is 0 Å². The number of carbonyl (C=O) groups excluding carboxylic acids is 1. The smallest absolute Gasteiger partial charge is 0.310 e. The second kappa shape index (κ2) is 6.49. The van der Waals surface area contributed by atoms with E-state index in [4.69, 9.17) is 0 Å². The molecule has 18 heavy (non-hydrogen) atoms. The standard InChI is InChI=1S/C12H17NO4S/c1-3-4-18(15,16)9-11-5-10(7-13-8-11)6-12(14)17-2/h5,7-8H,3-4,6,9H2,1-2H3. The Hall–Kier alpha value is -1.43. The number of nitrogens with zero attached hydrogens (tertiary/aromatic N) is 1. The Morgan fingerprint density at radius 3 is 2.61 bits per heavy atom. The minimum absolute atomic E-state index is 0.0388. The molecule has 0 aliphatic heterocycles. The minimum Gasteiger partial charge on any atom is -0.469 e. The summed E-state index contributed by atoms with van der Waals surface area (Å²) in [5.74, 6) is -0.248. The molecule has 0 amide bonds. The van der Waals surface area contributed by atoms with Crippen molar-refractivity contribution in [1.82, 2.24) is 4.98 Å². The molecular formula is C12H17NO4S. The van der Waals surface area contributed by atoms with Crippen molar-refractivity contribution in [3.05, 3.63) is 29.6 Å². The van der Waals surface area contributed by atoms with Crippen molar-refractivity contribution in [1.29, 1.82) is 0 Å². The maximum Gasteiger partial charge on any atom is 0.310 e. The van der Waals surface area contributed by atoms with Gasteiger partial charge in [-0.25, -0.2) is 8.42 Å². The first-order chi connectivity index (χ1) is 8.46. The van der Waals surface area contributed by atoms with Crippen molar-refractivity contribution >= 4 is 15.8 Å². The molecule has 1 heterocycles. The first-order valence-corrected chi connectivity index (χ1v) is 7.49. The summed E-state index contributed by atoms with van der Waals surface area (Å²) >= 11 is 0. The molecule has 1 aromatic heterocycles. The van der Waals surface area contributed by atoms with Crippen LogP contribution in [0.3, 0.4) is 0 Å². The molecule has 0 aliphatic carbocycles. The average molecular weight is 271 g/mol. The van der Waals surface area contributed by atoms with Crippen LogP contribution in [0.5, 0.6) is 0 Å². The highest BCUT2D eigenvalue weighted by atomic mass is 32.2. The lowest BCUT2D eigenvalue weighted by atomic mass is 10.2. The Bertz CT molecular complexity index is 511. The van der Waals surface area contributed by atoms with Crippen LogP contribution in [0.15, 0.2) is 18.5 Å². The quantitative estimate of drug-likeness (QED) is 0.725. The fraction of sp³-hybridized carbons (Fsp3) is 0.500. The van der Waals surface area contributed by atoms with Crippen LogP contribution in [0.4, 0.5) is 0 Å². The van der Waals surface area contributed by atoms with Gasteiger partial charge in [-0.15, -0.1) is 0 Å². The Morgan fingerprint density at radius 2 is 2.00 bits per heavy atom. The molecule has 1 rings (SSSR count). The number of sulfone groups is 1. The molecule has 1 aromatic rings. The van der Waals surface area contributed by atoms with Gasteiger partial charge in [0.15, 0.2) is 9.84 Å². The van der Waals surface area contributed by atoms with Crippen LogP contribution in [0.2, 0.25) is 0 Å². The highest BCUT2D eigenvalue weighted by molar-refractivity contribution is 7.90. The first-order valence-electron chi connectivity index (χ1n) is 5.67. The third-order valence-electron chi connectivity index (χ3n) is 2.33. The monoisotopic (exact) mass is 271 g/mol. The van der Waals surface area contributed by atoms with Crippen molar-refractivity contribution < 1.29 is 17.9 Å². The molecule has 0 saturated carbocycles. The van der Waals surface area contributed by atoms with E-state index in [9.17, 15) is 13.2 Å². The highest BCUT2D eigenvalue weighted by Crippen LogP contribution is 2.09. The van der Waals surface area contributed by atoms with Crippen molar-refractivity contribution in [2.24, 2.45) is 0 Å². The normalized spacial score (nSPS) is 11.2. The van der Waals surface area contributed by atoms with Gasteiger partial charge in [0.1, 0.15) is 0 Å². The molecule has 0 fully saturated rings. The third kappa shape index (κ3) is 4.83. The van der Waals surface area contributed by atoms with Gasteiger partial charge in [0.25, 0.3) is 0 Å². The number of pyridine rings is 1. The molecule has 0 bridgehead atoms. The van der Waals surface area contributed by atoms with Crippen molar-refractivity contribution in [2.75, 3.05) is 12.9 Å². The van der Waals surface area contributed by atoms with Crippen LogP contribution in [0, 0.1) is 0 Å². The van der Waals surface area contributed by atoms with Gasteiger partial charge < -0.3 is 4.74 Å². The number of methoxy groups -OCH3 is 1. The summed E-state index contributed by atoms with van der Waals surface area (Å²) in [5, 5.41) is 0. The van der Waals surface area contributed by atoms with E-state index in [1.807, 2.05) is 6.92 Å². The van der Waals surface area contributed by atoms with E-state index in [0.717, 1.165) is 0 Å². The minimum atomic E-state index is -3.09. The second-order valence-electron chi connectivity index (χ2n) is 4.05. The molecule has 0 saturated heterocycles. The summed E-state index contributed by atoms with van der Waals surface area (Å²) in [6.45, 7) is 1.82. The number of esters is 1. The van der Waals surface area contributed by atoms with Gasteiger partial charge in [0, 0.05) is 12.4 Å². The Balaban J connectivity index is 2.79. The van der Waals surface area contributed by atoms with Crippen LogP contribution in [0.1, 0.15) is 24.5 Å². The summed E-state index contributed by atoms with van der Waals surface area (Å²) < 4.78 is 27.9. The highest BCUT2D eigenvalue weighted by Gasteiger charge is 2.12. The molecule has 100 valence electrons. The van der Waals surface area contributed by atoms with Crippen LogP contribution in [-0.2, 0) is 31.5 Å². The van der Waals surface area contributed by atoms with Crippen LogP contribution in [0.25, 0.3) is 0 Å². The van der Waals surface area contributed by atoms with E-state index < -0.39 is 9.84 Å². The first kappa shape index (κ1) is 14.6. The molecule has 5 nitrogen and oxygen atoms in total. The average Bonchev–Trinajstić information content (AvgIpc) is 2.28. The largest absolute Gasteiger partial charge is 0.469 e. The molecular weight excluding hydrogens is 254 g/mol. The van der Waals surface area contributed by atoms with Crippen LogP contribution < -0.4 is 0 Å². The second-order valence-corrected chi connectivity index (χ2v) is 6.23. The Morgan fingerprint density at radius 1 is 1.33 bits per heavy atom. The van der Waals surface area contributed by atoms with Gasteiger partial charge in [0.05, 0.1) is 25.0 Å². The Kier molecular flexibility index (Phi) is 5.27. The number of ether oxygens (including phenoxy) is 1. The zero-order valence-corrected chi connectivity index (χ0v) is 11.4. The van der Waals surface area contributed by atoms with Gasteiger partial charge in [0.2, 0.25) is 0 Å². The zero-order valence-electron chi connectivity index (χ0n) is 10.5. The van der Waals surface area contributed by atoms with E-state index in [1.165, 1.54) is 19.5 Å². The van der Waals surface area contributed by atoms with E-state index in [-0.39, 0.29) is 23.9 Å². The molecule has 0 aromatic carbocycles. The predicted molar refractivity (Wildman–Crippen MR) is 67.7 cm³/mol. The number of hydrogen-bond donors (Lipinski definition) is 0. The molecule has 0 spiro atoms. The summed E-state index contributed by atoms with van der Waals surface area (Å²) in [7, 11) is -1.78. The number of hydrogen-bond acceptors (Lipinski definition) is 5. The molecule has 0 N–H and O–H groups in total. The zero-order chi connectivity index (χ0) is 13.6. The fourth-order valence-corrected chi connectivity index (χ4v) is 3.03. The number of rotatable bonds is 6. The van der Waals surface area contributed by atoms with Crippen molar-refractivity contribution in [3.8, 4) is 0 Å². The molecule has 0 radical (unpaired) electrons. The number of aromatic nitrogens is 1. The summed E-state index contributed by atoms with van der Waals surface area (Å²) in [6.07, 6.45) is 3.74. The third-order valence-corrected chi connectivity index (χ3v) is 4.13. The van der Waals surface area contributed by atoms with Crippen LogP contribution in [-0.4, -0.2) is 32.2 Å². The summed E-state index contributed by atoms with van der Waals surface area (Å²) in [6, 6.07) is 1.68. The molecule has 0 atom stereocenters. The van der Waals surface area contributed by atoms with Gasteiger partial charge in [-0.05, 0) is 17.5 Å². The van der Waals surface area contributed by atoms with E-state index in [0.29, 0.717) is 17.5 Å². The van der Waals surface area contributed by atoms with Gasteiger partial charge in [-0.1, -0.05) is 13.0 Å². The number of carbonyl (C=O) groups is 1. The summed E-state index contributed by atoms with van der Waals surface area (Å²) in [4.78, 5) is 15.1. The topological polar surface area (TPSA) is 73.3 Å². The summed E-state index contributed by atoms with van der Waals surface area (Å²) in [5.41, 5.74) is 1.26. The molecule has 0 aliphatic rings. The van der Waals surface area contributed by atoms with E-state index in [1.54, 1.807) is 6.07 Å². The molecule has 6 heteroatoms. The lowest BCUT2D eigenvalue weighted by molar-refractivity contribution is -0.139. The van der Waals surface area contributed by atoms with E-state index >= 15 is 0 Å². The Labute approximate surface area is 107 Å². The van der Waals surface area contributed by atoms with E-state index in [2.05, 4.69) is 9.72 Å². The van der Waals surface area contributed by atoms with Crippen molar-refractivity contribution in [2.45, 2.75) is 25.5 Å². The maximum absolute atomic E-state index is 11.7. The van der Waals surface area contributed by atoms with Gasteiger partial charge in [-0.3, -0.25) is 9.78 Å².